The van der Waals surface area contributed by atoms with Gasteiger partial charge in [0, 0.05) is 29.7 Å². The molecule has 0 aliphatic rings. The number of halogens is 1. The van der Waals surface area contributed by atoms with Crippen molar-refractivity contribution in [3.05, 3.63) is 42.4 Å². The fourth-order valence-electron chi connectivity index (χ4n) is 3.03. The van der Waals surface area contributed by atoms with Crippen LogP contribution in [-0.4, -0.2) is 30.7 Å². The zero-order chi connectivity index (χ0) is 17.6. The number of ether oxygens (including phenoxy) is 1. The zero-order valence-corrected chi connectivity index (χ0v) is 14.4. The van der Waals surface area contributed by atoms with Crippen LogP contribution in [0.25, 0.3) is 33.3 Å². The standard InChI is InChI=1S/C17H15FN4O2S/c1-21-8-13(12-5-11(24-2)3-4-15(12)21)16-6-14-17(22(16)25-18)19-7-10(9-23)20-14/h3-8,23H,9H2,1-2H3. The molecule has 0 radical (unpaired) electrons. The van der Waals surface area contributed by atoms with Crippen molar-refractivity contribution in [3.8, 4) is 17.0 Å². The third kappa shape index (κ3) is 2.45. The first-order chi connectivity index (χ1) is 12.2. The minimum absolute atomic E-state index is 0.0788. The van der Waals surface area contributed by atoms with Crippen LogP contribution >= 0.6 is 12.3 Å². The third-order valence-corrected chi connectivity index (χ3v) is 4.72. The number of hydrogen-bond acceptors (Lipinski definition) is 5. The number of aliphatic hydroxyl groups excluding tert-OH is 1. The maximum absolute atomic E-state index is 13.7. The van der Waals surface area contributed by atoms with Crippen LogP contribution in [0.15, 0.2) is 36.7 Å². The molecular formula is C17H15FN4O2S. The van der Waals surface area contributed by atoms with Gasteiger partial charge in [-0.1, -0.05) is 0 Å². The fourth-order valence-corrected chi connectivity index (χ4v) is 3.46. The summed E-state index contributed by atoms with van der Waals surface area (Å²) >= 11 is 0.0788. The molecule has 0 saturated carbocycles. The van der Waals surface area contributed by atoms with Crippen molar-refractivity contribution in [1.29, 1.82) is 0 Å². The molecule has 4 aromatic rings. The van der Waals surface area contributed by atoms with E-state index in [4.69, 9.17) is 4.74 Å². The first-order valence-electron chi connectivity index (χ1n) is 7.57. The predicted octanol–water partition coefficient (Wildman–Crippen LogP) is 3.47. The molecule has 3 heterocycles. The molecule has 0 bridgehead atoms. The molecule has 0 fully saturated rings. The van der Waals surface area contributed by atoms with Crippen LogP contribution in [0.2, 0.25) is 0 Å². The van der Waals surface area contributed by atoms with Crippen LogP contribution in [-0.2, 0) is 13.7 Å². The second kappa shape index (κ2) is 6.05. The molecule has 128 valence electrons. The number of aromatic nitrogens is 4. The Labute approximate surface area is 147 Å². The lowest BCUT2D eigenvalue weighted by atomic mass is 10.1. The van der Waals surface area contributed by atoms with Gasteiger partial charge in [0.1, 0.15) is 11.3 Å². The van der Waals surface area contributed by atoms with E-state index < -0.39 is 0 Å². The van der Waals surface area contributed by atoms with Gasteiger partial charge in [-0.2, -0.15) is 0 Å². The molecule has 0 amide bonds. The number of methoxy groups -OCH3 is 1. The zero-order valence-electron chi connectivity index (χ0n) is 13.6. The quantitative estimate of drug-likeness (QED) is 0.605. The summed E-state index contributed by atoms with van der Waals surface area (Å²) in [5, 5.41) is 10.2. The summed E-state index contributed by atoms with van der Waals surface area (Å²) < 4.78 is 22.4. The van der Waals surface area contributed by atoms with Crippen LogP contribution < -0.4 is 4.74 Å². The van der Waals surface area contributed by atoms with Crippen LogP contribution in [0, 0.1) is 0 Å². The van der Waals surface area contributed by atoms with Gasteiger partial charge in [-0.15, -0.1) is 3.89 Å². The van der Waals surface area contributed by atoms with E-state index in [-0.39, 0.29) is 18.9 Å². The van der Waals surface area contributed by atoms with Gasteiger partial charge in [0.25, 0.3) is 0 Å². The Morgan fingerprint density at radius 2 is 2.16 bits per heavy atom. The van der Waals surface area contributed by atoms with E-state index in [9.17, 15) is 8.99 Å². The van der Waals surface area contributed by atoms with Crippen molar-refractivity contribution in [2.45, 2.75) is 6.61 Å². The maximum atomic E-state index is 13.7. The topological polar surface area (TPSA) is 65.1 Å². The third-order valence-electron chi connectivity index (χ3n) is 4.22. The highest BCUT2D eigenvalue weighted by Crippen LogP contribution is 2.37. The minimum atomic E-state index is -0.211. The number of aliphatic hydroxyl groups is 1. The van der Waals surface area contributed by atoms with E-state index in [1.165, 1.54) is 10.2 Å². The number of hydrogen-bond donors (Lipinski definition) is 1. The Kier molecular flexibility index (Phi) is 3.85. The minimum Gasteiger partial charge on any atom is -0.497 e. The van der Waals surface area contributed by atoms with Gasteiger partial charge in [-0.25, -0.2) is 13.9 Å². The summed E-state index contributed by atoms with van der Waals surface area (Å²) in [6.45, 7) is -0.211. The van der Waals surface area contributed by atoms with Gasteiger partial charge in [-0.05, 0) is 24.3 Å². The Bertz CT molecular complexity index is 1090. The highest BCUT2D eigenvalue weighted by molar-refractivity contribution is 7.93. The van der Waals surface area contributed by atoms with E-state index in [1.807, 2.05) is 36.0 Å². The molecule has 1 aromatic carbocycles. The number of rotatable bonds is 4. The summed E-state index contributed by atoms with van der Waals surface area (Å²) in [4.78, 5) is 8.56. The smallest absolute Gasteiger partial charge is 0.171 e. The molecule has 0 unspecified atom stereocenters. The van der Waals surface area contributed by atoms with Crippen LogP contribution in [0.5, 0.6) is 5.75 Å². The predicted molar refractivity (Wildman–Crippen MR) is 96.0 cm³/mol. The van der Waals surface area contributed by atoms with E-state index in [0.29, 0.717) is 22.6 Å². The maximum Gasteiger partial charge on any atom is 0.171 e. The highest BCUT2D eigenvalue weighted by Gasteiger charge is 2.18. The Morgan fingerprint density at radius 3 is 2.88 bits per heavy atom. The molecule has 3 aromatic heterocycles. The summed E-state index contributed by atoms with van der Waals surface area (Å²) in [5.74, 6) is 0.731. The fraction of sp³-hybridized carbons (Fsp3) is 0.176. The van der Waals surface area contributed by atoms with Crippen LogP contribution in [0.1, 0.15) is 5.69 Å². The van der Waals surface area contributed by atoms with Crippen molar-refractivity contribution in [2.75, 3.05) is 7.11 Å². The van der Waals surface area contributed by atoms with Crippen molar-refractivity contribution in [3.63, 3.8) is 0 Å². The van der Waals surface area contributed by atoms with Gasteiger partial charge < -0.3 is 14.4 Å². The SMILES string of the molecule is COc1ccc2c(c1)c(-c1cc3nc(CO)cnc3n1SF)cn2C. The molecule has 1 N–H and O–H groups in total. The summed E-state index contributed by atoms with van der Waals surface area (Å²) in [6.07, 6.45) is 3.39. The average Bonchev–Trinajstić information content (AvgIpc) is 3.17. The number of aryl methyl sites for hydroxylation is 1. The van der Waals surface area contributed by atoms with Crippen LogP contribution in [0.3, 0.4) is 0 Å². The molecule has 0 aliphatic heterocycles. The summed E-state index contributed by atoms with van der Waals surface area (Å²) in [6, 6.07) is 7.56. The van der Waals surface area contributed by atoms with E-state index in [1.54, 1.807) is 13.2 Å². The molecule has 0 spiro atoms. The van der Waals surface area contributed by atoms with Crippen LogP contribution in [0.4, 0.5) is 3.89 Å². The van der Waals surface area contributed by atoms with Gasteiger partial charge >= 0.3 is 0 Å². The lowest BCUT2D eigenvalue weighted by molar-refractivity contribution is 0.277. The normalized spacial score (nSPS) is 11.5. The highest BCUT2D eigenvalue weighted by atomic mass is 32.2. The Morgan fingerprint density at radius 1 is 1.32 bits per heavy atom. The molecule has 8 heteroatoms. The van der Waals surface area contributed by atoms with Crippen molar-refractivity contribution in [1.82, 2.24) is 18.5 Å². The van der Waals surface area contributed by atoms with Crippen molar-refractivity contribution >= 4 is 34.4 Å². The lowest BCUT2D eigenvalue weighted by Gasteiger charge is -2.04. The molecule has 25 heavy (non-hydrogen) atoms. The van der Waals surface area contributed by atoms with E-state index >= 15 is 0 Å². The molecule has 0 saturated heterocycles. The monoisotopic (exact) mass is 358 g/mol. The lowest BCUT2D eigenvalue weighted by Crippen LogP contribution is -1.93. The summed E-state index contributed by atoms with van der Waals surface area (Å²) in [5.41, 5.74) is 3.91. The average molecular weight is 358 g/mol. The van der Waals surface area contributed by atoms with Crippen molar-refractivity contribution < 1.29 is 13.7 Å². The van der Waals surface area contributed by atoms with Crippen molar-refractivity contribution in [2.24, 2.45) is 7.05 Å². The number of fused-ring (bicyclic) bond motifs is 2. The molecule has 4 rings (SSSR count). The van der Waals surface area contributed by atoms with E-state index in [2.05, 4.69) is 9.97 Å². The number of benzene rings is 1. The van der Waals surface area contributed by atoms with Gasteiger partial charge in [-0.3, -0.25) is 0 Å². The first kappa shape index (κ1) is 15.9. The second-order valence-electron chi connectivity index (χ2n) is 5.66. The number of nitrogens with zero attached hydrogens (tertiary/aromatic N) is 4. The molecule has 0 atom stereocenters. The Hall–Kier alpha value is -2.58. The Balaban J connectivity index is 2.02. The van der Waals surface area contributed by atoms with Gasteiger partial charge in [0.2, 0.25) is 0 Å². The molecule has 0 aliphatic carbocycles. The first-order valence-corrected chi connectivity index (χ1v) is 8.24. The molecule has 6 nitrogen and oxygen atoms in total. The van der Waals surface area contributed by atoms with Gasteiger partial charge in [0.15, 0.2) is 18.0 Å². The second-order valence-corrected chi connectivity index (χ2v) is 6.16. The van der Waals surface area contributed by atoms with E-state index in [0.717, 1.165) is 22.2 Å². The molecular weight excluding hydrogens is 343 g/mol. The summed E-state index contributed by atoms with van der Waals surface area (Å²) in [7, 11) is 3.55. The largest absolute Gasteiger partial charge is 0.497 e. The van der Waals surface area contributed by atoms with Gasteiger partial charge in [0.05, 0.1) is 31.3 Å².